The van der Waals surface area contributed by atoms with E-state index < -0.39 is 5.60 Å². The zero-order valence-corrected chi connectivity index (χ0v) is 15.7. The van der Waals surface area contributed by atoms with Crippen molar-refractivity contribution in [2.45, 2.75) is 90.2 Å². The highest BCUT2D eigenvalue weighted by molar-refractivity contribution is 5.68. The summed E-state index contributed by atoms with van der Waals surface area (Å²) in [6.07, 6.45) is 4.76. The lowest BCUT2D eigenvalue weighted by molar-refractivity contribution is -0.0709. The average molecular weight is 326 g/mol. The van der Waals surface area contributed by atoms with Gasteiger partial charge in [0.15, 0.2) is 0 Å². The Morgan fingerprint density at radius 2 is 1.61 bits per heavy atom. The van der Waals surface area contributed by atoms with E-state index in [1.54, 1.807) is 0 Å². The fraction of sp³-hybridized carbons (Fsp3) is 0.944. The van der Waals surface area contributed by atoms with Crippen LogP contribution >= 0.6 is 0 Å². The van der Waals surface area contributed by atoms with Gasteiger partial charge < -0.3 is 19.3 Å². The van der Waals surface area contributed by atoms with Crippen LogP contribution < -0.4 is 0 Å². The maximum atomic E-state index is 12.2. The van der Waals surface area contributed by atoms with Crippen LogP contribution in [0, 0.1) is 0 Å². The molecule has 2 aliphatic rings. The Morgan fingerprint density at radius 1 is 1.09 bits per heavy atom. The minimum Gasteiger partial charge on any atom is -0.444 e. The average Bonchev–Trinajstić information content (AvgIpc) is 2.44. The van der Waals surface area contributed by atoms with E-state index in [1.165, 1.54) is 0 Å². The second-order valence-corrected chi connectivity index (χ2v) is 8.25. The lowest BCUT2D eigenvalue weighted by Crippen LogP contribution is -2.51. The van der Waals surface area contributed by atoms with Gasteiger partial charge in [-0.15, -0.1) is 0 Å². The van der Waals surface area contributed by atoms with Crippen LogP contribution in [0.2, 0.25) is 0 Å². The molecular formula is C18H34N2O3. The number of hydrogen-bond acceptors (Lipinski definition) is 4. The number of amides is 1. The van der Waals surface area contributed by atoms with E-state index in [-0.39, 0.29) is 6.09 Å². The Balaban J connectivity index is 1.83. The molecule has 2 fully saturated rings. The van der Waals surface area contributed by atoms with E-state index in [0.29, 0.717) is 24.3 Å². The number of carbonyl (C=O) groups is 1. The molecule has 0 aromatic carbocycles. The van der Waals surface area contributed by atoms with Crippen LogP contribution in [-0.4, -0.2) is 65.9 Å². The maximum Gasteiger partial charge on any atom is 0.410 e. The van der Waals surface area contributed by atoms with E-state index in [1.807, 2.05) is 25.7 Å². The Hall–Kier alpha value is -0.810. The molecule has 2 saturated heterocycles. The Kier molecular flexibility index (Phi) is 5.95. The molecule has 2 atom stereocenters. The van der Waals surface area contributed by atoms with Gasteiger partial charge in [-0.25, -0.2) is 4.79 Å². The van der Waals surface area contributed by atoms with Gasteiger partial charge in [0.25, 0.3) is 0 Å². The molecule has 23 heavy (non-hydrogen) atoms. The molecule has 0 saturated carbocycles. The molecule has 2 heterocycles. The van der Waals surface area contributed by atoms with Crippen LogP contribution in [0.3, 0.4) is 0 Å². The summed E-state index contributed by atoms with van der Waals surface area (Å²) >= 11 is 0. The van der Waals surface area contributed by atoms with E-state index in [4.69, 9.17) is 9.47 Å². The van der Waals surface area contributed by atoms with Gasteiger partial charge in [0.2, 0.25) is 0 Å². The molecule has 0 aromatic heterocycles. The smallest absolute Gasteiger partial charge is 0.410 e. The summed E-state index contributed by atoms with van der Waals surface area (Å²) in [7, 11) is 2.24. The van der Waals surface area contributed by atoms with Crippen molar-refractivity contribution in [3.8, 4) is 0 Å². The molecule has 5 heteroatoms. The number of ether oxygens (including phenoxy) is 2. The summed E-state index contributed by atoms with van der Waals surface area (Å²) in [6.45, 7) is 11.7. The van der Waals surface area contributed by atoms with Gasteiger partial charge >= 0.3 is 6.09 Å². The van der Waals surface area contributed by atoms with Crippen molar-refractivity contribution in [3.63, 3.8) is 0 Å². The van der Waals surface area contributed by atoms with Crippen molar-refractivity contribution < 1.29 is 14.3 Å². The number of carbonyl (C=O) groups excluding carboxylic acids is 1. The van der Waals surface area contributed by atoms with Gasteiger partial charge in [0, 0.05) is 25.2 Å². The first-order chi connectivity index (χ1) is 10.7. The van der Waals surface area contributed by atoms with E-state index in [2.05, 4.69) is 25.8 Å². The lowest BCUT2D eigenvalue weighted by atomic mass is 9.94. The SMILES string of the molecule is CC1CC(N(C)C2CCN(C(=O)OC(C)(C)C)CC2)CC(C)O1. The molecule has 0 bridgehead atoms. The Morgan fingerprint density at radius 3 is 2.09 bits per heavy atom. The summed E-state index contributed by atoms with van der Waals surface area (Å²) in [5.74, 6) is 0. The van der Waals surface area contributed by atoms with Gasteiger partial charge in [-0.3, -0.25) is 0 Å². The van der Waals surface area contributed by atoms with E-state index >= 15 is 0 Å². The molecule has 5 nitrogen and oxygen atoms in total. The van der Waals surface area contributed by atoms with Crippen molar-refractivity contribution in [2.24, 2.45) is 0 Å². The van der Waals surface area contributed by atoms with Crippen molar-refractivity contribution in [3.05, 3.63) is 0 Å². The second kappa shape index (κ2) is 7.39. The molecular weight excluding hydrogens is 292 g/mol. The molecule has 2 aliphatic heterocycles. The molecule has 0 spiro atoms. The van der Waals surface area contributed by atoms with Gasteiger partial charge in [0.1, 0.15) is 5.60 Å². The van der Waals surface area contributed by atoms with Crippen molar-refractivity contribution in [1.29, 1.82) is 0 Å². The topological polar surface area (TPSA) is 42.0 Å². The highest BCUT2D eigenvalue weighted by Crippen LogP contribution is 2.27. The van der Waals surface area contributed by atoms with Crippen LogP contribution in [0.4, 0.5) is 4.79 Å². The lowest BCUT2D eigenvalue weighted by Gasteiger charge is -2.44. The predicted molar refractivity (Wildman–Crippen MR) is 91.6 cm³/mol. The van der Waals surface area contributed by atoms with Gasteiger partial charge in [0.05, 0.1) is 12.2 Å². The van der Waals surface area contributed by atoms with Crippen molar-refractivity contribution in [2.75, 3.05) is 20.1 Å². The number of nitrogens with zero attached hydrogens (tertiary/aromatic N) is 2. The zero-order valence-electron chi connectivity index (χ0n) is 15.7. The minimum absolute atomic E-state index is 0.174. The molecule has 0 aromatic rings. The van der Waals surface area contributed by atoms with Crippen LogP contribution in [0.5, 0.6) is 0 Å². The largest absolute Gasteiger partial charge is 0.444 e. The zero-order chi connectivity index (χ0) is 17.2. The first kappa shape index (κ1) is 18.5. The quantitative estimate of drug-likeness (QED) is 0.781. The standard InChI is InChI=1S/C18H34N2O3/c1-13-11-16(12-14(2)22-13)19(6)15-7-9-20(10-8-15)17(21)23-18(3,4)5/h13-16H,7-12H2,1-6H3. The molecule has 0 radical (unpaired) electrons. The fourth-order valence-corrected chi connectivity index (χ4v) is 3.78. The normalized spacial score (nSPS) is 30.6. The van der Waals surface area contributed by atoms with Crippen molar-refractivity contribution >= 4 is 6.09 Å². The highest BCUT2D eigenvalue weighted by atomic mass is 16.6. The summed E-state index contributed by atoms with van der Waals surface area (Å²) < 4.78 is 11.3. The van der Waals surface area contributed by atoms with E-state index in [0.717, 1.165) is 38.8 Å². The monoisotopic (exact) mass is 326 g/mol. The molecule has 2 rings (SSSR count). The molecule has 2 unspecified atom stereocenters. The Bertz CT molecular complexity index is 390. The van der Waals surface area contributed by atoms with Crippen LogP contribution in [0.1, 0.15) is 60.3 Å². The number of rotatable bonds is 2. The third kappa shape index (κ3) is 5.35. The third-order valence-electron chi connectivity index (χ3n) is 4.94. The molecule has 0 N–H and O–H groups in total. The predicted octanol–water partition coefficient (Wildman–Crippen LogP) is 3.27. The van der Waals surface area contributed by atoms with E-state index in [9.17, 15) is 4.79 Å². The first-order valence-electron chi connectivity index (χ1n) is 9.01. The van der Waals surface area contributed by atoms with Crippen LogP contribution in [-0.2, 0) is 9.47 Å². The molecule has 1 amide bonds. The molecule has 134 valence electrons. The Labute approximate surface area is 141 Å². The minimum atomic E-state index is -0.418. The van der Waals surface area contributed by atoms with Gasteiger partial charge in [-0.1, -0.05) is 0 Å². The summed E-state index contributed by atoms with van der Waals surface area (Å²) in [4.78, 5) is 16.5. The highest BCUT2D eigenvalue weighted by Gasteiger charge is 2.33. The first-order valence-corrected chi connectivity index (χ1v) is 9.01. The van der Waals surface area contributed by atoms with Crippen molar-refractivity contribution in [1.82, 2.24) is 9.80 Å². The fourth-order valence-electron chi connectivity index (χ4n) is 3.78. The van der Waals surface area contributed by atoms with Gasteiger partial charge in [-0.2, -0.15) is 0 Å². The number of piperidine rings is 1. The third-order valence-corrected chi connectivity index (χ3v) is 4.94. The summed E-state index contributed by atoms with van der Waals surface area (Å²) in [5.41, 5.74) is -0.418. The molecule has 0 aliphatic carbocycles. The maximum absolute atomic E-state index is 12.2. The van der Waals surface area contributed by atoms with Crippen LogP contribution in [0.25, 0.3) is 0 Å². The summed E-state index contributed by atoms with van der Waals surface area (Å²) in [6, 6.07) is 1.14. The number of hydrogen-bond donors (Lipinski definition) is 0. The second-order valence-electron chi connectivity index (χ2n) is 8.25. The number of likely N-dealkylation sites (tertiary alicyclic amines) is 1. The van der Waals surface area contributed by atoms with Crippen LogP contribution in [0.15, 0.2) is 0 Å². The summed E-state index contributed by atoms with van der Waals surface area (Å²) in [5, 5.41) is 0. The van der Waals surface area contributed by atoms with Gasteiger partial charge in [-0.05, 0) is 67.3 Å².